The third kappa shape index (κ3) is 4.90. The fourth-order valence-electron chi connectivity index (χ4n) is 3.54. The van der Waals surface area contributed by atoms with E-state index in [1.54, 1.807) is 23.4 Å². The predicted octanol–water partition coefficient (Wildman–Crippen LogP) is 2.51. The van der Waals surface area contributed by atoms with Gasteiger partial charge >= 0.3 is 0 Å². The quantitative estimate of drug-likeness (QED) is 0.810. The molecule has 1 amide bonds. The summed E-state index contributed by atoms with van der Waals surface area (Å²) >= 11 is 0. The molecule has 1 aliphatic heterocycles. The van der Waals surface area contributed by atoms with Crippen LogP contribution in [0.2, 0.25) is 0 Å². The highest BCUT2D eigenvalue weighted by molar-refractivity contribution is 5.85. The molecule has 2 N–H and O–H groups in total. The molecule has 9 heteroatoms. The second kappa shape index (κ2) is 9.49. The van der Waals surface area contributed by atoms with E-state index in [9.17, 15) is 9.18 Å². The lowest BCUT2D eigenvalue weighted by molar-refractivity contribution is -0.131. The Labute approximate surface area is 176 Å². The maximum atomic E-state index is 13.0. The van der Waals surface area contributed by atoms with E-state index in [-0.39, 0.29) is 42.6 Å². The molecule has 2 aliphatic rings. The van der Waals surface area contributed by atoms with Gasteiger partial charge in [-0.1, -0.05) is 12.1 Å². The van der Waals surface area contributed by atoms with Crippen LogP contribution in [0.25, 0.3) is 0 Å². The zero-order chi connectivity index (χ0) is 18.1. The molecule has 2 fully saturated rings. The number of hydrogen-bond acceptors (Lipinski definition) is 5. The number of carbonyl (C=O) groups is 1. The first kappa shape index (κ1) is 22.3. The van der Waals surface area contributed by atoms with E-state index in [1.807, 2.05) is 11.0 Å². The second-order valence-electron chi connectivity index (χ2n) is 7.09. The van der Waals surface area contributed by atoms with E-state index in [4.69, 9.17) is 5.73 Å². The van der Waals surface area contributed by atoms with Crippen LogP contribution in [0.3, 0.4) is 0 Å². The Morgan fingerprint density at radius 1 is 1.11 bits per heavy atom. The Balaban J connectivity index is 0.00000140. The van der Waals surface area contributed by atoms with Crippen molar-refractivity contribution in [1.29, 1.82) is 0 Å². The molecule has 1 aromatic heterocycles. The summed E-state index contributed by atoms with van der Waals surface area (Å²) in [6, 6.07) is 8.54. The molecule has 0 atom stereocenters. The number of aromatic nitrogens is 2. The van der Waals surface area contributed by atoms with Gasteiger partial charge in [0, 0.05) is 43.4 Å². The number of piperazine rings is 1. The van der Waals surface area contributed by atoms with Gasteiger partial charge in [-0.25, -0.2) is 14.4 Å². The van der Waals surface area contributed by atoms with E-state index in [0.29, 0.717) is 32.1 Å². The van der Waals surface area contributed by atoms with Crippen LogP contribution in [-0.2, 0) is 11.3 Å². The van der Waals surface area contributed by atoms with Gasteiger partial charge in [-0.3, -0.25) is 4.79 Å². The van der Waals surface area contributed by atoms with Crippen molar-refractivity contribution in [3.05, 3.63) is 53.7 Å². The minimum Gasteiger partial charge on any atom is -0.345 e. The molecule has 0 radical (unpaired) electrons. The number of rotatable bonds is 4. The second-order valence-corrected chi connectivity index (χ2v) is 7.09. The highest BCUT2D eigenvalue weighted by Gasteiger charge is 2.30. The van der Waals surface area contributed by atoms with Crippen molar-refractivity contribution in [2.24, 2.45) is 5.73 Å². The van der Waals surface area contributed by atoms with Crippen molar-refractivity contribution in [3.8, 4) is 0 Å². The monoisotopic (exact) mass is 427 g/mol. The molecule has 0 bridgehead atoms. The first-order chi connectivity index (χ1) is 12.6. The van der Waals surface area contributed by atoms with Crippen molar-refractivity contribution < 1.29 is 9.18 Å². The lowest BCUT2D eigenvalue weighted by atomic mass is 9.78. The third-order valence-corrected chi connectivity index (χ3v) is 5.20. The summed E-state index contributed by atoms with van der Waals surface area (Å²) in [5, 5.41) is 0. The van der Waals surface area contributed by atoms with Gasteiger partial charge in [-0.15, -0.1) is 24.8 Å². The van der Waals surface area contributed by atoms with Crippen molar-refractivity contribution in [2.75, 3.05) is 24.5 Å². The van der Waals surface area contributed by atoms with Crippen LogP contribution in [0.15, 0.2) is 36.7 Å². The average Bonchev–Trinajstić information content (AvgIpc) is 2.62. The summed E-state index contributed by atoms with van der Waals surface area (Å²) in [6.45, 7) is 2.13. The number of anilines is 1. The molecule has 1 saturated heterocycles. The highest BCUT2D eigenvalue weighted by Crippen LogP contribution is 2.35. The van der Waals surface area contributed by atoms with Gasteiger partial charge in [0.25, 0.3) is 0 Å². The first-order valence-corrected chi connectivity index (χ1v) is 8.93. The van der Waals surface area contributed by atoms with E-state index < -0.39 is 0 Å². The molecule has 1 saturated carbocycles. The highest BCUT2D eigenvalue weighted by atomic mass is 35.5. The first-order valence-electron chi connectivity index (χ1n) is 8.93. The lowest BCUT2D eigenvalue weighted by Gasteiger charge is -2.36. The standard InChI is InChI=1S/C19H22FN5O.2ClH/c20-15-3-1-13(2-4-15)10-25-6-5-24(11-19(25)26)18-9-17(22-12-23-18)14-7-16(21)8-14;;/h1-4,9,12,14,16H,5-8,10-11,21H2;2*1H. The molecule has 28 heavy (non-hydrogen) atoms. The maximum absolute atomic E-state index is 13.0. The molecule has 152 valence electrons. The van der Waals surface area contributed by atoms with Gasteiger partial charge in [0.2, 0.25) is 5.91 Å². The van der Waals surface area contributed by atoms with Gasteiger partial charge in [0.15, 0.2) is 0 Å². The fourth-order valence-corrected chi connectivity index (χ4v) is 3.54. The van der Waals surface area contributed by atoms with Crippen LogP contribution in [0.1, 0.15) is 30.0 Å². The normalized spacial score (nSPS) is 21.4. The largest absolute Gasteiger partial charge is 0.345 e. The third-order valence-electron chi connectivity index (χ3n) is 5.20. The fraction of sp³-hybridized carbons (Fsp3) is 0.421. The minimum absolute atomic E-state index is 0. The van der Waals surface area contributed by atoms with Gasteiger partial charge in [-0.05, 0) is 30.5 Å². The van der Waals surface area contributed by atoms with Crippen LogP contribution in [-0.4, -0.2) is 46.5 Å². The average molecular weight is 428 g/mol. The van der Waals surface area contributed by atoms with Crippen LogP contribution >= 0.6 is 24.8 Å². The Hall–Kier alpha value is -1.96. The van der Waals surface area contributed by atoms with Crippen LogP contribution < -0.4 is 10.6 Å². The number of benzene rings is 1. The Bertz CT molecular complexity index is 801. The topological polar surface area (TPSA) is 75.3 Å². The molecular formula is C19H24Cl2FN5O. The summed E-state index contributed by atoms with van der Waals surface area (Å²) in [6.07, 6.45) is 3.49. The lowest BCUT2D eigenvalue weighted by Crippen LogP contribution is -2.50. The molecule has 0 spiro atoms. The zero-order valence-corrected chi connectivity index (χ0v) is 17.0. The summed E-state index contributed by atoms with van der Waals surface area (Å²) in [5.74, 6) is 0.982. The van der Waals surface area contributed by atoms with Crippen LogP contribution in [0, 0.1) is 5.82 Å². The van der Waals surface area contributed by atoms with E-state index in [1.165, 1.54) is 12.1 Å². The van der Waals surface area contributed by atoms with Gasteiger partial charge < -0.3 is 15.5 Å². The molecule has 1 aromatic carbocycles. The van der Waals surface area contributed by atoms with Crippen molar-refractivity contribution in [1.82, 2.24) is 14.9 Å². The van der Waals surface area contributed by atoms with Crippen molar-refractivity contribution >= 4 is 36.5 Å². The zero-order valence-electron chi connectivity index (χ0n) is 15.3. The molecule has 1 aliphatic carbocycles. The molecular weight excluding hydrogens is 404 g/mol. The SMILES string of the molecule is Cl.Cl.NC1CC(c2cc(N3CCN(Cc4ccc(F)cc4)C(=O)C3)ncn2)C1. The number of nitrogens with zero attached hydrogens (tertiary/aromatic N) is 4. The smallest absolute Gasteiger partial charge is 0.242 e. The van der Waals surface area contributed by atoms with Crippen molar-refractivity contribution in [2.45, 2.75) is 31.3 Å². The Morgan fingerprint density at radius 2 is 1.82 bits per heavy atom. The number of nitrogens with two attached hydrogens (primary N) is 1. The number of amides is 1. The molecule has 6 nitrogen and oxygen atoms in total. The van der Waals surface area contributed by atoms with Gasteiger partial charge in [0.1, 0.15) is 18.0 Å². The van der Waals surface area contributed by atoms with Crippen molar-refractivity contribution in [3.63, 3.8) is 0 Å². The molecule has 2 aromatic rings. The Morgan fingerprint density at radius 3 is 2.46 bits per heavy atom. The number of carbonyl (C=O) groups excluding carboxylic acids is 1. The molecule has 4 rings (SSSR count). The predicted molar refractivity (Wildman–Crippen MR) is 111 cm³/mol. The van der Waals surface area contributed by atoms with E-state index >= 15 is 0 Å². The summed E-state index contributed by atoms with van der Waals surface area (Å²) in [5.41, 5.74) is 7.81. The van der Waals surface area contributed by atoms with E-state index in [2.05, 4.69) is 9.97 Å². The summed E-state index contributed by atoms with van der Waals surface area (Å²) in [7, 11) is 0. The molecule has 0 unspecified atom stereocenters. The number of halogens is 3. The maximum Gasteiger partial charge on any atom is 0.242 e. The molecule has 2 heterocycles. The van der Waals surface area contributed by atoms with Crippen LogP contribution in [0.5, 0.6) is 0 Å². The minimum atomic E-state index is -0.267. The van der Waals surface area contributed by atoms with Crippen LogP contribution in [0.4, 0.5) is 10.2 Å². The Kier molecular flexibility index (Phi) is 7.57. The summed E-state index contributed by atoms with van der Waals surface area (Å²) in [4.78, 5) is 25.0. The van der Waals surface area contributed by atoms with Gasteiger partial charge in [0.05, 0.1) is 6.54 Å². The number of hydrogen-bond donors (Lipinski definition) is 1. The van der Waals surface area contributed by atoms with Gasteiger partial charge in [-0.2, -0.15) is 0 Å². The summed E-state index contributed by atoms with van der Waals surface area (Å²) < 4.78 is 13.0. The van der Waals surface area contributed by atoms with E-state index in [0.717, 1.165) is 29.9 Å².